The zero-order valence-corrected chi connectivity index (χ0v) is 30.2. The van der Waals surface area contributed by atoms with Crippen LogP contribution in [0.2, 0.25) is 5.02 Å². The van der Waals surface area contributed by atoms with E-state index in [1.54, 1.807) is 13.2 Å². The second-order valence-corrected chi connectivity index (χ2v) is 18.2. The van der Waals surface area contributed by atoms with Gasteiger partial charge in [0.1, 0.15) is 17.7 Å². The summed E-state index contributed by atoms with van der Waals surface area (Å²) in [6.07, 6.45) is 10.0. The Morgan fingerprint density at radius 2 is 2.04 bits per heavy atom. The molecule has 0 aromatic heterocycles. The molecule has 2 aromatic rings. The third-order valence-corrected chi connectivity index (χ3v) is 14.2. The van der Waals surface area contributed by atoms with Gasteiger partial charge in [-0.1, -0.05) is 36.7 Å². The van der Waals surface area contributed by atoms with E-state index in [2.05, 4.69) is 33.5 Å². The summed E-state index contributed by atoms with van der Waals surface area (Å²) in [6, 6.07) is 11.6. The lowest BCUT2D eigenvalue weighted by molar-refractivity contribution is -0.118. The summed E-state index contributed by atoms with van der Waals surface area (Å²) >= 11 is 6.45. The number of nitrogens with zero attached hydrogens (tertiary/aromatic N) is 2. The van der Waals surface area contributed by atoms with Crippen molar-refractivity contribution in [2.75, 3.05) is 43.2 Å². The lowest BCUT2D eigenvalue weighted by Crippen LogP contribution is -2.49. The summed E-state index contributed by atoms with van der Waals surface area (Å²) in [4.78, 5) is 29.4. The molecule has 0 radical (unpaired) electrons. The molecule has 264 valence electrons. The molecule has 10 heteroatoms. The van der Waals surface area contributed by atoms with Crippen molar-refractivity contribution in [1.29, 1.82) is 0 Å². The van der Waals surface area contributed by atoms with E-state index in [9.17, 15) is 18.2 Å². The quantitative estimate of drug-likeness (QED) is 0.295. The van der Waals surface area contributed by atoms with Crippen molar-refractivity contribution in [3.05, 3.63) is 70.3 Å². The van der Waals surface area contributed by atoms with E-state index in [1.807, 2.05) is 25.1 Å². The van der Waals surface area contributed by atoms with Gasteiger partial charge >= 0.3 is 0 Å². The van der Waals surface area contributed by atoms with Crippen LogP contribution >= 0.6 is 11.6 Å². The van der Waals surface area contributed by atoms with Crippen LogP contribution in [0, 0.1) is 23.7 Å². The molecule has 1 spiro atoms. The summed E-state index contributed by atoms with van der Waals surface area (Å²) in [5.41, 5.74) is 3.46. The minimum Gasteiger partial charge on any atom is -0.490 e. The highest BCUT2D eigenvalue weighted by Gasteiger charge is 2.44. The number of hydrogen-bond acceptors (Lipinski definition) is 6. The molecule has 7 nitrogen and oxygen atoms in total. The van der Waals surface area contributed by atoms with Gasteiger partial charge in [-0.25, -0.2) is 8.60 Å². The second kappa shape index (κ2) is 14.1. The van der Waals surface area contributed by atoms with E-state index in [4.69, 9.17) is 21.1 Å². The summed E-state index contributed by atoms with van der Waals surface area (Å²) in [6.45, 7) is 4.01. The number of halogens is 2. The zero-order chi connectivity index (χ0) is 34.3. The summed E-state index contributed by atoms with van der Waals surface area (Å²) in [5.74, 6) is 0.392. The number of benzene rings is 2. The Kier molecular flexibility index (Phi) is 9.99. The van der Waals surface area contributed by atoms with Crippen LogP contribution in [0.25, 0.3) is 0 Å². The first-order chi connectivity index (χ1) is 23.5. The number of amides is 1. The van der Waals surface area contributed by atoms with Gasteiger partial charge in [0.15, 0.2) is 0 Å². The molecule has 7 rings (SSSR count). The molecular formula is C39H48ClFN2O5S. The Morgan fingerprint density at radius 1 is 1.20 bits per heavy atom. The smallest absolute Gasteiger partial charge is 0.285 e. The van der Waals surface area contributed by atoms with Crippen molar-refractivity contribution in [1.82, 2.24) is 0 Å². The number of Topliss-reactive ketones (excluding diaryl/α,β-unsaturated/α-hetero) is 1. The van der Waals surface area contributed by atoms with Crippen molar-refractivity contribution in [3.8, 4) is 5.75 Å². The van der Waals surface area contributed by atoms with E-state index in [-0.39, 0.29) is 47.1 Å². The topological polar surface area (TPSA) is 85.3 Å². The summed E-state index contributed by atoms with van der Waals surface area (Å²) in [5, 5.41) is 0.741. The Morgan fingerprint density at radius 3 is 2.80 bits per heavy atom. The van der Waals surface area contributed by atoms with Crippen molar-refractivity contribution >= 4 is 38.7 Å². The largest absolute Gasteiger partial charge is 0.490 e. The van der Waals surface area contributed by atoms with Crippen LogP contribution in [0.1, 0.15) is 79.8 Å². The number of fused-ring (bicyclic) bond motifs is 4. The average molecular weight is 711 g/mol. The maximum Gasteiger partial charge on any atom is 0.285 e. The number of carbonyl (C=O) groups excluding carboxylic acids is 2. The molecule has 2 heterocycles. The first-order valence-corrected chi connectivity index (χ1v) is 20.2. The van der Waals surface area contributed by atoms with Gasteiger partial charge < -0.3 is 14.4 Å². The van der Waals surface area contributed by atoms with E-state index >= 15 is 0 Å². The molecule has 0 N–H and O–H groups in total. The van der Waals surface area contributed by atoms with Gasteiger partial charge in [-0.2, -0.15) is 4.36 Å². The third-order valence-electron chi connectivity index (χ3n) is 11.6. The van der Waals surface area contributed by atoms with Crippen LogP contribution in [0.5, 0.6) is 5.75 Å². The van der Waals surface area contributed by atoms with Gasteiger partial charge in [-0.3, -0.25) is 9.59 Å². The first kappa shape index (κ1) is 34.7. The van der Waals surface area contributed by atoms with Crippen molar-refractivity contribution in [2.45, 2.75) is 82.4 Å². The van der Waals surface area contributed by atoms with Crippen molar-refractivity contribution in [3.63, 3.8) is 0 Å². The van der Waals surface area contributed by atoms with Gasteiger partial charge in [-0.15, -0.1) is 0 Å². The van der Waals surface area contributed by atoms with Crippen LogP contribution < -0.4 is 9.64 Å². The van der Waals surface area contributed by atoms with Gasteiger partial charge in [0.25, 0.3) is 5.91 Å². The number of allylic oxidation sites excluding steroid dienone is 1. The van der Waals surface area contributed by atoms with Crippen LogP contribution in [-0.4, -0.2) is 66.5 Å². The monoisotopic (exact) mass is 710 g/mol. The molecule has 0 saturated heterocycles. The Hall–Kier alpha value is -2.75. The number of rotatable bonds is 5. The number of aryl methyl sites for hydroxylation is 1. The Bertz CT molecular complexity index is 1750. The number of alkyl halides is 1. The molecule has 3 aliphatic carbocycles. The third kappa shape index (κ3) is 7.36. The lowest BCUT2D eigenvalue weighted by Gasteiger charge is -2.46. The van der Waals surface area contributed by atoms with Gasteiger partial charge in [0.05, 0.1) is 33.9 Å². The SMILES string of the molecule is CO[C@H]1/C=C/C[C@H](C)C[S@@](=O)(CC(=O)CC2CC(F)C2)=NC(=O)c2ccc3c(c2)N(C[C@@H]2CC[C@H]21)C[C@@]1(CCCc2cc(Cl)ccc21)CO3. The van der Waals surface area contributed by atoms with E-state index in [0.717, 1.165) is 55.9 Å². The highest BCUT2D eigenvalue weighted by atomic mass is 35.5. The fraction of sp³-hybridized carbons (Fsp3) is 0.590. The number of ether oxygens (including phenoxy) is 2. The molecule has 6 atom stereocenters. The van der Waals surface area contributed by atoms with Gasteiger partial charge in [-0.05, 0) is 116 Å². The maximum absolute atomic E-state index is 14.4. The molecule has 49 heavy (non-hydrogen) atoms. The van der Waals surface area contributed by atoms with E-state index < -0.39 is 21.8 Å². The molecule has 0 unspecified atom stereocenters. The van der Waals surface area contributed by atoms with E-state index in [0.29, 0.717) is 49.0 Å². The fourth-order valence-corrected chi connectivity index (χ4v) is 11.4. The van der Waals surface area contributed by atoms with Crippen molar-refractivity contribution in [2.24, 2.45) is 28.0 Å². The fourth-order valence-electron chi connectivity index (χ4n) is 8.92. The molecule has 2 aromatic carbocycles. The second-order valence-electron chi connectivity index (χ2n) is 15.4. The molecular weight excluding hydrogens is 663 g/mol. The number of anilines is 1. The molecule has 2 bridgehead atoms. The first-order valence-electron chi connectivity index (χ1n) is 18.0. The highest BCUT2D eigenvalue weighted by Crippen LogP contribution is 2.47. The number of carbonyl (C=O) groups is 2. The normalized spacial score (nSPS) is 35.0. The summed E-state index contributed by atoms with van der Waals surface area (Å²) in [7, 11) is -1.46. The number of methoxy groups -OCH3 is 1. The molecule has 2 aliphatic heterocycles. The minimum atomic E-state index is -3.22. The minimum absolute atomic E-state index is 0.0268. The standard InChI is InChI=1S/C39H48ClFN2O5S/c1-25-5-3-7-36(47-2)33-11-8-29(33)20-43-23-39(14-4-6-27-18-30(40)10-12-34(27)39)24-48-37-13-9-28(19-35(37)43)38(45)42-49(46,21-25)22-32(44)17-26-15-31(41)16-26/h3,7,9-10,12-13,18-19,25-26,29,31,33,36H,4-6,8,11,14-17,20-24H2,1-2H3/b7-3+/t25-,26?,29-,31?,33+,36-,39-,49+/m0/s1. The van der Waals surface area contributed by atoms with Crippen LogP contribution in [0.3, 0.4) is 0 Å². The molecule has 2 saturated carbocycles. The van der Waals surface area contributed by atoms with Gasteiger partial charge in [0.2, 0.25) is 0 Å². The predicted molar refractivity (Wildman–Crippen MR) is 192 cm³/mol. The van der Waals surface area contributed by atoms with E-state index in [1.165, 1.54) is 11.1 Å². The average Bonchev–Trinajstić information content (AvgIpc) is 3.17. The lowest BCUT2D eigenvalue weighted by atomic mass is 9.68. The van der Waals surface area contributed by atoms with Crippen LogP contribution in [-0.2, 0) is 31.1 Å². The highest BCUT2D eigenvalue weighted by molar-refractivity contribution is 7.94. The maximum atomic E-state index is 14.4. The Labute approximate surface area is 295 Å². The molecule has 2 fully saturated rings. The van der Waals surface area contributed by atoms with Gasteiger partial charge in [0, 0.05) is 48.4 Å². The zero-order valence-electron chi connectivity index (χ0n) is 28.6. The number of hydrogen-bond donors (Lipinski definition) is 0. The molecule has 5 aliphatic rings. The van der Waals surface area contributed by atoms with Crippen LogP contribution in [0.4, 0.5) is 10.1 Å². The summed E-state index contributed by atoms with van der Waals surface area (Å²) < 4.78 is 44.9. The Balaban J connectivity index is 1.27. The predicted octanol–water partition coefficient (Wildman–Crippen LogP) is 7.77. The number of ketones is 1. The molecule has 1 amide bonds. The van der Waals surface area contributed by atoms with Crippen LogP contribution in [0.15, 0.2) is 52.9 Å². The van der Waals surface area contributed by atoms with Crippen molar-refractivity contribution < 1.29 is 27.7 Å².